The van der Waals surface area contributed by atoms with Crippen LogP contribution in [-0.2, 0) is 48.0 Å². The van der Waals surface area contributed by atoms with E-state index >= 15 is 0 Å². The molecule has 0 spiro atoms. The number of esters is 1. The van der Waals surface area contributed by atoms with Crippen LogP contribution in [0.25, 0.3) is 33.4 Å². The summed E-state index contributed by atoms with van der Waals surface area (Å²) in [6.07, 6.45) is 3.27. The number of aryl methyl sites for hydroxylation is 1. The van der Waals surface area contributed by atoms with Gasteiger partial charge in [-0.2, -0.15) is 0 Å². The van der Waals surface area contributed by atoms with Crippen molar-refractivity contribution in [2.45, 2.75) is 104 Å². The summed E-state index contributed by atoms with van der Waals surface area (Å²) in [6.45, 7) is 14.1. The Bertz CT molecular complexity index is 2270. The Morgan fingerprint density at radius 2 is 1.92 bits per heavy atom. The summed E-state index contributed by atoms with van der Waals surface area (Å²) in [5.41, 5.74) is 9.35. The number of methoxy groups -OCH3 is 1. The van der Waals surface area contributed by atoms with Gasteiger partial charge in [-0.25, -0.2) is 15.2 Å². The fraction of sp³-hybridized carbons (Fsp3) is 0.556. The van der Waals surface area contributed by atoms with Crippen molar-refractivity contribution in [3.63, 3.8) is 0 Å². The van der Waals surface area contributed by atoms with E-state index in [9.17, 15) is 19.2 Å². The zero-order valence-corrected chi connectivity index (χ0v) is 37.6. The third kappa shape index (κ3) is 9.04. The first kappa shape index (κ1) is 44.2. The van der Waals surface area contributed by atoms with Crippen LogP contribution in [0, 0.1) is 11.3 Å². The number of benzene rings is 1. The number of thiazole rings is 1. The second-order valence-electron chi connectivity index (χ2n) is 17.7. The summed E-state index contributed by atoms with van der Waals surface area (Å²) in [7, 11) is 5.01. The van der Waals surface area contributed by atoms with Gasteiger partial charge < -0.3 is 33.9 Å². The van der Waals surface area contributed by atoms with Crippen LogP contribution in [0.3, 0.4) is 0 Å². The predicted molar refractivity (Wildman–Crippen MR) is 233 cm³/mol. The fourth-order valence-corrected chi connectivity index (χ4v) is 9.57. The number of urea groups is 1. The highest BCUT2D eigenvalue weighted by Gasteiger charge is 2.39. The van der Waals surface area contributed by atoms with E-state index in [1.807, 2.05) is 32.2 Å². The summed E-state index contributed by atoms with van der Waals surface area (Å²) in [5, 5.41) is 8.15. The zero-order valence-electron chi connectivity index (χ0n) is 36.8. The lowest BCUT2D eigenvalue weighted by Gasteiger charge is -2.40. The Morgan fingerprint density at radius 3 is 2.61 bits per heavy atom. The third-order valence-electron chi connectivity index (χ3n) is 12.2. The number of nitrogens with one attached hydrogen (secondary N) is 2. The molecule has 4 amide bonds. The molecule has 2 fully saturated rings. The largest absolute Gasteiger partial charge is 0.464 e. The lowest BCUT2D eigenvalue weighted by atomic mass is 9.84. The summed E-state index contributed by atoms with van der Waals surface area (Å²) in [6, 6.07) is 7.38. The normalized spacial score (nSPS) is 20.7. The minimum atomic E-state index is -1.05. The first-order chi connectivity index (χ1) is 29.1. The topological polar surface area (TPSA) is 160 Å². The van der Waals surface area contributed by atoms with Crippen molar-refractivity contribution >= 4 is 46.1 Å². The highest BCUT2D eigenvalue weighted by Crippen LogP contribution is 2.42. The summed E-state index contributed by atoms with van der Waals surface area (Å²) in [5.74, 6) is -1.57. The number of ether oxygens (including phenoxy) is 3. The molecule has 3 aliphatic rings. The SMILES string of the molecule is CCn1c(-c2cccnc2[C@H](C)OC)c2c3cc(ccc31)-c1csc(n1)C[C@H](NC(=O)C(C(C)C)N(C)C(=O)N(C)C1COC1)C(=O)N1CCC[C@H](N1)C(=O)OCC(C)(C)C2. The van der Waals surface area contributed by atoms with Crippen LogP contribution >= 0.6 is 11.3 Å². The van der Waals surface area contributed by atoms with Gasteiger partial charge in [-0.05, 0) is 68.9 Å². The number of rotatable bonds is 9. The number of nitrogens with zero attached hydrogens (tertiary/aromatic N) is 6. The van der Waals surface area contributed by atoms with E-state index in [-0.39, 0.29) is 37.1 Å². The molecule has 1 unspecified atom stereocenters. The molecule has 3 aliphatic heterocycles. The average molecular weight is 857 g/mol. The molecule has 328 valence electrons. The van der Waals surface area contributed by atoms with Gasteiger partial charge in [0, 0.05) is 79.7 Å². The minimum Gasteiger partial charge on any atom is -0.464 e. The zero-order chi connectivity index (χ0) is 43.7. The van der Waals surface area contributed by atoms with Crippen LogP contribution in [0.15, 0.2) is 41.9 Å². The molecule has 0 radical (unpaired) electrons. The molecule has 0 aliphatic carbocycles. The minimum absolute atomic E-state index is 0.0659. The average Bonchev–Trinajstić information content (AvgIpc) is 3.82. The Balaban J connectivity index is 1.29. The quantitative estimate of drug-likeness (QED) is 0.203. The number of fused-ring (bicyclic) bond motifs is 6. The number of hydrogen-bond donors (Lipinski definition) is 2. The molecule has 2 saturated heterocycles. The molecule has 15 nitrogen and oxygen atoms in total. The van der Waals surface area contributed by atoms with E-state index in [2.05, 4.69) is 60.3 Å². The van der Waals surface area contributed by atoms with Gasteiger partial charge in [0.1, 0.15) is 18.1 Å². The molecule has 61 heavy (non-hydrogen) atoms. The Hall–Kier alpha value is -4.90. The van der Waals surface area contributed by atoms with Crippen molar-refractivity contribution in [1.82, 2.24) is 40.1 Å². The lowest BCUT2D eigenvalue weighted by molar-refractivity contribution is -0.155. The van der Waals surface area contributed by atoms with Gasteiger partial charge in [0.2, 0.25) is 5.91 Å². The monoisotopic (exact) mass is 856 g/mol. The predicted octanol–water partition coefficient (Wildman–Crippen LogP) is 5.61. The number of carbonyl (C=O) groups is 4. The van der Waals surface area contributed by atoms with E-state index in [1.165, 1.54) is 21.2 Å². The number of hydrazine groups is 1. The van der Waals surface area contributed by atoms with Crippen molar-refractivity contribution in [3.8, 4) is 22.5 Å². The second kappa shape index (κ2) is 18.2. The summed E-state index contributed by atoms with van der Waals surface area (Å²) >= 11 is 1.42. The first-order valence-corrected chi connectivity index (χ1v) is 22.2. The Kier molecular flexibility index (Phi) is 13.2. The second-order valence-corrected chi connectivity index (χ2v) is 18.6. The van der Waals surface area contributed by atoms with Crippen LogP contribution in [0.5, 0.6) is 0 Å². The number of cyclic esters (lactones) is 1. The van der Waals surface area contributed by atoms with Crippen molar-refractivity contribution < 1.29 is 33.4 Å². The molecule has 0 saturated carbocycles. The molecule has 2 N–H and O–H groups in total. The molecule has 6 bridgehead atoms. The van der Waals surface area contributed by atoms with Gasteiger partial charge >= 0.3 is 12.0 Å². The molecule has 3 aromatic heterocycles. The van der Waals surface area contributed by atoms with Gasteiger partial charge in [-0.1, -0.05) is 33.8 Å². The summed E-state index contributed by atoms with van der Waals surface area (Å²) in [4.78, 5) is 69.1. The highest BCUT2D eigenvalue weighted by molar-refractivity contribution is 7.10. The maximum Gasteiger partial charge on any atom is 0.324 e. The van der Waals surface area contributed by atoms with Gasteiger partial charge in [0.25, 0.3) is 5.91 Å². The number of hydrogen-bond acceptors (Lipinski definition) is 11. The standard InChI is InChI=1S/C45H60N8O7S/c1-10-52-36-16-15-28-19-31(36)32(40(52)30-13-11-17-46-38(30)27(4)58-9)21-45(5,6)25-60-43(56)33-14-12-18-53(49-33)42(55)34(20-37-47-35(28)24-61-37)48-41(54)39(26(2)3)51(8)44(57)50(7)29-22-59-23-29/h11,13,15-17,19,24,26-27,29,33-34,39,49H,10,12,14,18,20-23,25H2,1-9H3,(H,48,54)/t27-,33-,34-,39?/m0/s1. The van der Waals surface area contributed by atoms with Crippen molar-refractivity contribution in [3.05, 3.63) is 58.2 Å². The third-order valence-corrected chi connectivity index (χ3v) is 13.1. The molecular weight excluding hydrogens is 797 g/mol. The molecule has 4 atom stereocenters. The Labute approximate surface area is 362 Å². The van der Waals surface area contributed by atoms with Gasteiger partial charge in [0.15, 0.2) is 0 Å². The van der Waals surface area contributed by atoms with E-state index in [0.717, 1.165) is 44.7 Å². The molecule has 16 heteroatoms. The number of carbonyl (C=O) groups excluding carboxylic acids is 4. The van der Waals surface area contributed by atoms with Crippen LogP contribution in [0.2, 0.25) is 0 Å². The van der Waals surface area contributed by atoms with E-state index < -0.39 is 41.3 Å². The van der Waals surface area contributed by atoms with Crippen molar-refractivity contribution in [2.75, 3.05) is 47.6 Å². The lowest BCUT2D eigenvalue weighted by Crippen LogP contribution is -2.63. The summed E-state index contributed by atoms with van der Waals surface area (Å²) < 4.78 is 19.5. The molecule has 4 aromatic rings. The van der Waals surface area contributed by atoms with Crippen molar-refractivity contribution in [1.29, 1.82) is 0 Å². The smallest absolute Gasteiger partial charge is 0.324 e. The number of amides is 4. The van der Waals surface area contributed by atoms with E-state index in [1.54, 1.807) is 32.3 Å². The molecule has 1 aromatic carbocycles. The molecule has 7 rings (SSSR count). The van der Waals surface area contributed by atoms with Crippen LogP contribution in [0.4, 0.5) is 4.79 Å². The molecular formula is C45H60N8O7S. The number of pyridine rings is 1. The van der Waals surface area contributed by atoms with Gasteiger partial charge in [-0.15, -0.1) is 11.3 Å². The maximum atomic E-state index is 14.5. The van der Waals surface area contributed by atoms with Gasteiger partial charge in [0.05, 0.1) is 54.1 Å². The maximum absolute atomic E-state index is 14.5. The van der Waals surface area contributed by atoms with Gasteiger partial charge in [-0.3, -0.25) is 24.4 Å². The van der Waals surface area contributed by atoms with Crippen LogP contribution < -0.4 is 10.7 Å². The van der Waals surface area contributed by atoms with E-state index in [4.69, 9.17) is 24.2 Å². The number of likely N-dealkylation sites (N-methyl/N-ethyl adjacent to an activating group) is 2. The van der Waals surface area contributed by atoms with Crippen LogP contribution in [0.1, 0.15) is 76.8 Å². The molecule has 6 heterocycles. The van der Waals surface area contributed by atoms with Crippen molar-refractivity contribution in [2.24, 2.45) is 11.3 Å². The first-order valence-electron chi connectivity index (χ1n) is 21.3. The number of aromatic nitrogens is 3. The Morgan fingerprint density at radius 1 is 1.15 bits per heavy atom. The highest BCUT2D eigenvalue weighted by atomic mass is 32.1. The van der Waals surface area contributed by atoms with Crippen LogP contribution in [-0.4, -0.2) is 125 Å². The fourth-order valence-electron chi connectivity index (χ4n) is 8.72. The van der Waals surface area contributed by atoms with E-state index in [0.29, 0.717) is 50.6 Å².